The molecule has 1 N–H and O–H groups in total. The van der Waals surface area contributed by atoms with Gasteiger partial charge < -0.3 is 14.7 Å². The van der Waals surface area contributed by atoms with Crippen LogP contribution in [0.15, 0.2) is 99.9 Å². The van der Waals surface area contributed by atoms with Crippen molar-refractivity contribution in [2.24, 2.45) is 4.99 Å². The van der Waals surface area contributed by atoms with Gasteiger partial charge in [0.15, 0.2) is 0 Å². The molecule has 0 spiro atoms. The maximum absolute atomic E-state index is 13.6. The third-order valence-electron chi connectivity index (χ3n) is 7.71. The number of hydrogen-bond acceptors (Lipinski definition) is 5. The first-order chi connectivity index (χ1) is 18.2. The summed E-state index contributed by atoms with van der Waals surface area (Å²) in [5, 5.41) is 10.6. The molecule has 6 heteroatoms. The summed E-state index contributed by atoms with van der Waals surface area (Å²) in [7, 11) is 0. The van der Waals surface area contributed by atoms with Crippen LogP contribution in [-0.4, -0.2) is 45.8 Å². The molecule has 1 saturated heterocycles. The lowest BCUT2D eigenvalue weighted by atomic mass is 9.91. The number of aromatic nitrogens is 1. The number of benzene rings is 1. The summed E-state index contributed by atoms with van der Waals surface area (Å²) in [6.45, 7) is 1.000. The molecule has 2 unspecified atom stereocenters. The maximum Gasteiger partial charge on any atom is 0.254 e. The summed E-state index contributed by atoms with van der Waals surface area (Å²) >= 11 is 0. The normalized spacial score (nSPS) is 23.1. The van der Waals surface area contributed by atoms with Crippen molar-refractivity contribution in [3.63, 3.8) is 0 Å². The molecule has 2 bridgehead atoms. The van der Waals surface area contributed by atoms with Crippen LogP contribution in [0, 0.1) is 0 Å². The molecule has 0 radical (unpaired) electrons. The Balaban J connectivity index is 1.24. The molecule has 1 amide bonds. The number of pyridine rings is 1. The van der Waals surface area contributed by atoms with E-state index in [2.05, 4.69) is 17.1 Å². The van der Waals surface area contributed by atoms with Crippen LogP contribution in [0.25, 0.3) is 0 Å². The lowest BCUT2D eigenvalue weighted by molar-refractivity contribution is -0.130. The van der Waals surface area contributed by atoms with Gasteiger partial charge in [-0.3, -0.25) is 9.79 Å². The van der Waals surface area contributed by atoms with Gasteiger partial charge >= 0.3 is 0 Å². The first kappa shape index (κ1) is 23.6. The number of ether oxygens (including phenoxy) is 1. The van der Waals surface area contributed by atoms with Crippen molar-refractivity contribution in [3.05, 3.63) is 106 Å². The maximum atomic E-state index is 13.6. The molecular formula is C31H31N3O3. The van der Waals surface area contributed by atoms with E-state index in [9.17, 15) is 9.90 Å². The van der Waals surface area contributed by atoms with Crippen molar-refractivity contribution in [2.45, 2.75) is 57.3 Å². The highest BCUT2D eigenvalue weighted by Crippen LogP contribution is 2.39. The van der Waals surface area contributed by atoms with Crippen molar-refractivity contribution in [2.75, 3.05) is 6.54 Å². The number of aliphatic imine (C=N–C) groups is 1. The second kappa shape index (κ2) is 10.3. The van der Waals surface area contributed by atoms with Crippen LogP contribution in [0.4, 0.5) is 0 Å². The van der Waals surface area contributed by atoms with Gasteiger partial charge in [0.2, 0.25) is 5.88 Å². The van der Waals surface area contributed by atoms with Gasteiger partial charge in [0, 0.05) is 42.6 Å². The molecular weight excluding hydrogens is 462 g/mol. The standard InChI is InChI=1S/C31H31N3O3/c35-29-11-5-4-10-28(29)34-19-26-25(31(34)36)16-24(23-9-6-14-32-27(26)17-23)15-22-12-13-30(33-18-22)37-20-21-7-2-1-3-8-21/h1-3,6-9,12-14,16,18,28-29,35H,4-5,10-11,15,17,19-20H2. The van der Waals surface area contributed by atoms with E-state index in [0.717, 1.165) is 59.2 Å². The fraction of sp³-hybridized carbons (Fsp3) is 0.323. The average molecular weight is 494 g/mol. The molecule has 188 valence electrons. The minimum atomic E-state index is -0.454. The predicted molar refractivity (Wildman–Crippen MR) is 143 cm³/mol. The Bertz CT molecular complexity index is 1340. The van der Waals surface area contributed by atoms with Gasteiger partial charge in [-0.15, -0.1) is 0 Å². The van der Waals surface area contributed by atoms with Gasteiger partial charge in [-0.05, 0) is 53.7 Å². The molecule has 1 aromatic heterocycles. The monoisotopic (exact) mass is 493 g/mol. The number of allylic oxidation sites excluding steroid dienone is 5. The smallest absolute Gasteiger partial charge is 0.254 e. The summed E-state index contributed by atoms with van der Waals surface area (Å²) < 4.78 is 5.85. The van der Waals surface area contributed by atoms with E-state index in [4.69, 9.17) is 9.73 Å². The molecule has 2 atom stereocenters. The fourth-order valence-electron chi connectivity index (χ4n) is 5.70. The highest BCUT2D eigenvalue weighted by molar-refractivity contribution is 6.03. The zero-order chi connectivity index (χ0) is 25.2. The Morgan fingerprint density at radius 2 is 1.92 bits per heavy atom. The van der Waals surface area contributed by atoms with Crippen molar-refractivity contribution in [3.8, 4) is 5.88 Å². The van der Waals surface area contributed by atoms with Crippen LogP contribution in [0.2, 0.25) is 0 Å². The number of nitrogens with zero attached hydrogens (tertiary/aromatic N) is 3. The Morgan fingerprint density at radius 1 is 1.05 bits per heavy atom. The van der Waals surface area contributed by atoms with Crippen molar-refractivity contribution in [1.29, 1.82) is 0 Å². The van der Waals surface area contributed by atoms with Crippen molar-refractivity contribution in [1.82, 2.24) is 9.88 Å². The number of fused-ring (bicyclic) bond motifs is 3. The number of amides is 1. The highest BCUT2D eigenvalue weighted by atomic mass is 16.5. The second-order valence-corrected chi connectivity index (χ2v) is 10.2. The third kappa shape index (κ3) is 4.94. The van der Waals surface area contributed by atoms with E-state index >= 15 is 0 Å². The molecule has 6 nitrogen and oxygen atoms in total. The van der Waals surface area contributed by atoms with Gasteiger partial charge in [-0.1, -0.05) is 55.3 Å². The molecule has 4 aliphatic rings. The number of rotatable bonds is 6. The molecule has 6 rings (SSSR count). The van der Waals surface area contributed by atoms with E-state index in [0.29, 0.717) is 31.9 Å². The molecule has 2 fully saturated rings. The van der Waals surface area contributed by atoms with Crippen LogP contribution in [0.5, 0.6) is 5.88 Å². The fourth-order valence-corrected chi connectivity index (χ4v) is 5.70. The van der Waals surface area contributed by atoms with Gasteiger partial charge in [0.1, 0.15) is 6.61 Å². The summed E-state index contributed by atoms with van der Waals surface area (Å²) in [6, 6.07) is 13.9. The lowest BCUT2D eigenvalue weighted by Gasteiger charge is -2.34. The third-order valence-corrected chi connectivity index (χ3v) is 7.71. The summed E-state index contributed by atoms with van der Waals surface area (Å²) in [6.07, 6.45) is 14.4. The summed E-state index contributed by atoms with van der Waals surface area (Å²) in [5.41, 5.74) is 7.10. The zero-order valence-corrected chi connectivity index (χ0v) is 20.8. The van der Waals surface area contributed by atoms with Gasteiger partial charge in [-0.2, -0.15) is 0 Å². The number of carbonyl (C=O) groups excluding carboxylic acids is 1. The molecule has 2 aliphatic carbocycles. The van der Waals surface area contributed by atoms with E-state index < -0.39 is 6.10 Å². The van der Waals surface area contributed by atoms with Gasteiger partial charge in [0.25, 0.3) is 5.91 Å². The first-order valence-corrected chi connectivity index (χ1v) is 13.1. The van der Waals surface area contributed by atoms with E-state index in [1.54, 1.807) is 0 Å². The number of hydrogen-bond donors (Lipinski definition) is 1. The Kier molecular flexibility index (Phi) is 6.58. The van der Waals surface area contributed by atoms with Crippen LogP contribution in [-0.2, 0) is 17.8 Å². The van der Waals surface area contributed by atoms with Crippen LogP contribution < -0.4 is 4.74 Å². The average Bonchev–Trinajstić information content (AvgIpc) is 3.07. The van der Waals surface area contributed by atoms with Crippen LogP contribution >= 0.6 is 0 Å². The molecule has 1 aromatic carbocycles. The SMILES string of the molecule is O=C1C2=CC(Cc3ccc(OCc4ccccc4)nc3)=C3C=CC=NC(=C2CN1C1CCCCC1O)C3. The molecule has 37 heavy (non-hydrogen) atoms. The molecule has 3 heterocycles. The Morgan fingerprint density at radius 3 is 2.73 bits per heavy atom. The van der Waals surface area contributed by atoms with Crippen molar-refractivity contribution < 1.29 is 14.6 Å². The minimum absolute atomic E-state index is 0.0136. The largest absolute Gasteiger partial charge is 0.473 e. The van der Waals surface area contributed by atoms with Crippen LogP contribution in [0.3, 0.4) is 0 Å². The minimum Gasteiger partial charge on any atom is -0.473 e. The molecule has 2 aliphatic heterocycles. The van der Waals surface area contributed by atoms with Crippen LogP contribution in [0.1, 0.15) is 43.2 Å². The Labute approximate surface area is 217 Å². The predicted octanol–water partition coefficient (Wildman–Crippen LogP) is 4.87. The number of aliphatic hydroxyl groups excluding tert-OH is 1. The molecule has 1 saturated carbocycles. The molecule has 2 aromatic rings. The van der Waals surface area contributed by atoms with E-state index in [1.165, 1.54) is 5.57 Å². The van der Waals surface area contributed by atoms with Gasteiger partial charge in [0.05, 0.1) is 17.8 Å². The quantitative estimate of drug-likeness (QED) is 0.623. The lowest BCUT2D eigenvalue weighted by Crippen LogP contribution is -2.46. The number of likely N-dealkylation sites (tertiary alicyclic amines) is 1. The van der Waals surface area contributed by atoms with Gasteiger partial charge in [-0.25, -0.2) is 4.98 Å². The topological polar surface area (TPSA) is 75.0 Å². The summed E-state index contributed by atoms with van der Waals surface area (Å²) in [4.78, 5) is 24.7. The first-order valence-electron chi connectivity index (χ1n) is 13.1. The zero-order valence-electron chi connectivity index (χ0n) is 20.8. The van der Waals surface area contributed by atoms with E-state index in [1.807, 2.05) is 65.9 Å². The second-order valence-electron chi connectivity index (χ2n) is 10.2. The highest BCUT2D eigenvalue weighted by Gasteiger charge is 2.41. The van der Waals surface area contributed by atoms with Crippen molar-refractivity contribution >= 4 is 12.1 Å². The Hall–Kier alpha value is -3.77. The number of aliphatic hydroxyl groups is 1. The van der Waals surface area contributed by atoms with E-state index in [-0.39, 0.29) is 11.9 Å². The summed E-state index contributed by atoms with van der Waals surface area (Å²) in [5.74, 6) is 0.603. The number of carbonyl (C=O) groups is 1.